The Morgan fingerprint density at radius 1 is 1.27 bits per heavy atom. The largest absolute Gasteiger partial charge is 0.493 e. The van der Waals surface area contributed by atoms with Crippen LogP contribution in [0.2, 0.25) is 10.0 Å². The standard InChI is InChI=1S/C18H14Cl2N2O3S/c19-15-5-13(21-10-26)6-16(20)17(15)12-1-3-14(4-2-12)25-9-11-7-22(8-11)18(23)24/h1-6,11H,7-9H2,(H,23,24). The number of hydrogen-bond donors (Lipinski definition) is 1. The first-order chi connectivity index (χ1) is 12.5. The molecule has 0 spiro atoms. The molecule has 8 heteroatoms. The Labute approximate surface area is 165 Å². The van der Waals surface area contributed by atoms with Gasteiger partial charge in [0.15, 0.2) is 0 Å². The fourth-order valence-corrected chi connectivity index (χ4v) is 3.52. The van der Waals surface area contributed by atoms with Gasteiger partial charge in [-0.25, -0.2) is 4.79 Å². The van der Waals surface area contributed by atoms with Crippen LogP contribution >= 0.6 is 35.4 Å². The van der Waals surface area contributed by atoms with Gasteiger partial charge in [0.25, 0.3) is 0 Å². The molecule has 134 valence electrons. The van der Waals surface area contributed by atoms with Gasteiger partial charge in [0.2, 0.25) is 0 Å². The van der Waals surface area contributed by atoms with Crippen molar-refractivity contribution < 1.29 is 14.6 Å². The molecule has 0 radical (unpaired) electrons. The molecule has 2 aromatic carbocycles. The molecule has 2 aromatic rings. The molecule has 0 aliphatic carbocycles. The second-order valence-corrected chi connectivity index (χ2v) is 6.87. The zero-order valence-electron chi connectivity index (χ0n) is 13.5. The van der Waals surface area contributed by atoms with Gasteiger partial charge in [-0.15, -0.1) is 0 Å². The molecule has 26 heavy (non-hydrogen) atoms. The van der Waals surface area contributed by atoms with Crippen LogP contribution in [0.15, 0.2) is 41.4 Å². The second kappa shape index (κ2) is 8.06. The third kappa shape index (κ3) is 4.17. The van der Waals surface area contributed by atoms with Gasteiger partial charge in [-0.3, -0.25) is 0 Å². The molecular formula is C18H14Cl2N2O3S. The molecule has 0 aromatic heterocycles. The Hall–Kier alpha value is -2.11. The topological polar surface area (TPSA) is 62.1 Å². The van der Waals surface area contributed by atoms with E-state index in [-0.39, 0.29) is 5.92 Å². The van der Waals surface area contributed by atoms with Crippen LogP contribution in [-0.4, -0.2) is 41.0 Å². The van der Waals surface area contributed by atoms with E-state index < -0.39 is 6.09 Å². The van der Waals surface area contributed by atoms with Crippen LogP contribution in [0.25, 0.3) is 11.1 Å². The molecule has 0 bridgehead atoms. The van der Waals surface area contributed by atoms with Gasteiger partial charge in [-0.1, -0.05) is 35.3 Å². The van der Waals surface area contributed by atoms with Crippen molar-refractivity contribution in [2.45, 2.75) is 0 Å². The van der Waals surface area contributed by atoms with E-state index in [0.29, 0.717) is 46.7 Å². The minimum absolute atomic E-state index is 0.226. The molecule has 1 amide bonds. The van der Waals surface area contributed by atoms with Crippen molar-refractivity contribution in [3.63, 3.8) is 0 Å². The summed E-state index contributed by atoms with van der Waals surface area (Å²) in [6.45, 7) is 1.50. The average molecular weight is 409 g/mol. The Morgan fingerprint density at radius 2 is 1.88 bits per heavy atom. The number of aliphatic imine (C=N–C) groups is 1. The minimum Gasteiger partial charge on any atom is -0.493 e. The number of thiocarbonyl (C=S) groups is 1. The number of nitrogens with zero attached hydrogens (tertiary/aromatic N) is 2. The number of amides is 1. The Balaban J connectivity index is 1.66. The molecule has 3 rings (SSSR count). The smallest absolute Gasteiger partial charge is 0.407 e. The summed E-state index contributed by atoms with van der Waals surface area (Å²) in [6, 6.07) is 10.8. The molecule has 1 saturated heterocycles. The highest BCUT2D eigenvalue weighted by Crippen LogP contribution is 2.38. The lowest BCUT2D eigenvalue weighted by Crippen LogP contribution is -2.51. The van der Waals surface area contributed by atoms with Gasteiger partial charge in [-0.2, -0.15) is 4.99 Å². The van der Waals surface area contributed by atoms with E-state index in [1.54, 1.807) is 12.1 Å². The number of rotatable bonds is 5. The summed E-state index contributed by atoms with van der Waals surface area (Å²) in [5.74, 6) is 0.931. The SMILES string of the molecule is O=C(O)N1CC(COc2ccc(-c3c(Cl)cc(N=C=S)cc3Cl)cc2)C1. The Kier molecular flexibility index (Phi) is 5.79. The number of ether oxygens (including phenoxy) is 1. The van der Waals surface area contributed by atoms with Crippen LogP contribution in [0, 0.1) is 5.92 Å². The number of halogens is 2. The van der Waals surface area contributed by atoms with Gasteiger partial charge in [0, 0.05) is 24.6 Å². The van der Waals surface area contributed by atoms with Crippen LogP contribution in [0.3, 0.4) is 0 Å². The van der Waals surface area contributed by atoms with Crippen molar-refractivity contribution in [2.75, 3.05) is 19.7 Å². The highest BCUT2D eigenvalue weighted by molar-refractivity contribution is 7.78. The van der Waals surface area contributed by atoms with E-state index in [4.69, 9.17) is 33.0 Å². The first-order valence-corrected chi connectivity index (χ1v) is 8.92. The van der Waals surface area contributed by atoms with E-state index >= 15 is 0 Å². The van der Waals surface area contributed by atoms with Crippen LogP contribution in [-0.2, 0) is 0 Å². The van der Waals surface area contributed by atoms with Gasteiger partial charge in [0.05, 0.1) is 27.5 Å². The number of isothiocyanates is 1. The minimum atomic E-state index is -0.887. The van der Waals surface area contributed by atoms with E-state index in [2.05, 4.69) is 22.4 Å². The molecule has 0 atom stereocenters. The summed E-state index contributed by atoms with van der Waals surface area (Å²) in [5.41, 5.74) is 2.11. The van der Waals surface area contributed by atoms with E-state index in [1.165, 1.54) is 4.90 Å². The first kappa shape index (κ1) is 18.7. The Morgan fingerprint density at radius 3 is 2.42 bits per heavy atom. The highest BCUT2D eigenvalue weighted by atomic mass is 35.5. The lowest BCUT2D eigenvalue weighted by atomic mass is 10.0. The summed E-state index contributed by atoms with van der Waals surface area (Å²) in [5, 5.41) is 12.0. The van der Waals surface area contributed by atoms with Gasteiger partial charge in [-0.05, 0) is 42.0 Å². The maximum atomic E-state index is 10.7. The maximum absolute atomic E-state index is 10.7. The third-order valence-corrected chi connectivity index (χ3v) is 4.75. The first-order valence-electron chi connectivity index (χ1n) is 7.76. The van der Waals surface area contributed by atoms with Crippen LogP contribution in [0.4, 0.5) is 10.5 Å². The van der Waals surface area contributed by atoms with Crippen molar-refractivity contribution in [3.8, 4) is 16.9 Å². The normalized spacial score (nSPS) is 13.7. The van der Waals surface area contributed by atoms with Crippen molar-refractivity contribution in [1.29, 1.82) is 0 Å². The fraction of sp³-hybridized carbons (Fsp3) is 0.222. The number of likely N-dealkylation sites (tertiary alicyclic amines) is 1. The van der Waals surface area contributed by atoms with E-state index in [0.717, 1.165) is 5.56 Å². The lowest BCUT2D eigenvalue weighted by Gasteiger charge is -2.36. The van der Waals surface area contributed by atoms with Crippen LogP contribution in [0.5, 0.6) is 5.75 Å². The predicted octanol–water partition coefficient (Wildman–Crippen LogP) is 5.38. The average Bonchev–Trinajstić information content (AvgIpc) is 2.54. The number of carbonyl (C=O) groups is 1. The molecule has 5 nitrogen and oxygen atoms in total. The predicted molar refractivity (Wildman–Crippen MR) is 105 cm³/mol. The van der Waals surface area contributed by atoms with Crippen LogP contribution in [0.1, 0.15) is 0 Å². The molecule has 0 saturated carbocycles. The zero-order valence-corrected chi connectivity index (χ0v) is 15.8. The number of hydrogen-bond acceptors (Lipinski definition) is 4. The van der Waals surface area contributed by atoms with Crippen molar-refractivity contribution in [1.82, 2.24) is 4.90 Å². The van der Waals surface area contributed by atoms with Gasteiger partial charge >= 0.3 is 6.09 Å². The maximum Gasteiger partial charge on any atom is 0.407 e. The molecule has 1 heterocycles. The van der Waals surface area contributed by atoms with Gasteiger partial charge in [0.1, 0.15) is 5.75 Å². The zero-order chi connectivity index (χ0) is 18.7. The lowest BCUT2D eigenvalue weighted by molar-refractivity contribution is 0.0585. The molecule has 1 aliphatic rings. The van der Waals surface area contributed by atoms with E-state index in [1.807, 2.05) is 24.3 Å². The molecule has 1 aliphatic heterocycles. The van der Waals surface area contributed by atoms with Crippen molar-refractivity contribution >= 4 is 52.4 Å². The second-order valence-electron chi connectivity index (χ2n) is 5.88. The summed E-state index contributed by atoms with van der Waals surface area (Å²) < 4.78 is 5.72. The molecular weight excluding hydrogens is 395 g/mol. The molecule has 1 fully saturated rings. The molecule has 1 N–H and O–H groups in total. The fourth-order valence-electron chi connectivity index (χ4n) is 2.72. The van der Waals surface area contributed by atoms with E-state index in [9.17, 15) is 4.79 Å². The quantitative estimate of drug-likeness (QED) is 0.532. The summed E-state index contributed by atoms with van der Waals surface area (Å²) in [4.78, 5) is 16.0. The highest BCUT2D eigenvalue weighted by Gasteiger charge is 2.30. The third-order valence-electron chi connectivity index (χ3n) is 4.06. The van der Waals surface area contributed by atoms with Gasteiger partial charge < -0.3 is 14.7 Å². The number of carboxylic acid groups (broad SMARTS) is 1. The van der Waals surface area contributed by atoms with Crippen LogP contribution < -0.4 is 4.74 Å². The van der Waals surface area contributed by atoms with Crippen molar-refractivity contribution in [3.05, 3.63) is 46.4 Å². The Bertz CT molecular complexity index is 854. The monoisotopic (exact) mass is 408 g/mol. The summed E-state index contributed by atoms with van der Waals surface area (Å²) >= 11 is 17.2. The summed E-state index contributed by atoms with van der Waals surface area (Å²) in [6.07, 6.45) is -0.887. The number of benzene rings is 2. The summed E-state index contributed by atoms with van der Waals surface area (Å²) in [7, 11) is 0. The van der Waals surface area contributed by atoms with Crippen molar-refractivity contribution in [2.24, 2.45) is 10.9 Å². The molecule has 0 unspecified atom stereocenters.